The standard InChI is InChI=1S/C13H16N2O/c1-2-3-13(16)15-10-12-6-4-11(5-7-12)8-9-14/h1,4-7H,3,8-10,14H2,(H,15,16). The lowest BCUT2D eigenvalue weighted by molar-refractivity contribution is -0.120. The van der Waals surface area contributed by atoms with Gasteiger partial charge in [0.05, 0.1) is 6.42 Å². The summed E-state index contributed by atoms with van der Waals surface area (Å²) in [5.41, 5.74) is 7.73. The molecule has 0 saturated carbocycles. The third-order valence-electron chi connectivity index (χ3n) is 2.21. The highest BCUT2D eigenvalue weighted by atomic mass is 16.1. The van der Waals surface area contributed by atoms with E-state index < -0.39 is 0 Å². The second kappa shape index (κ2) is 6.65. The summed E-state index contributed by atoms with van der Waals surface area (Å²) < 4.78 is 0. The highest BCUT2D eigenvalue weighted by Gasteiger charge is 1.98. The molecular weight excluding hydrogens is 200 g/mol. The van der Waals surface area contributed by atoms with E-state index in [4.69, 9.17) is 12.2 Å². The van der Waals surface area contributed by atoms with E-state index in [0.29, 0.717) is 13.1 Å². The van der Waals surface area contributed by atoms with Crippen molar-refractivity contribution in [3.63, 3.8) is 0 Å². The first-order valence-electron chi connectivity index (χ1n) is 5.24. The topological polar surface area (TPSA) is 55.1 Å². The summed E-state index contributed by atoms with van der Waals surface area (Å²) in [6, 6.07) is 8.02. The molecule has 0 aliphatic heterocycles. The average molecular weight is 216 g/mol. The van der Waals surface area contributed by atoms with Crippen molar-refractivity contribution in [1.29, 1.82) is 0 Å². The van der Waals surface area contributed by atoms with Gasteiger partial charge in [0.25, 0.3) is 0 Å². The van der Waals surface area contributed by atoms with Crippen LogP contribution < -0.4 is 11.1 Å². The van der Waals surface area contributed by atoms with Gasteiger partial charge in [-0.3, -0.25) is 4.79 Å². The monoisotopic (exact) mass is 216 g/mol. The third kappa shape index (κ3) is 4.16. The van der Waals surface area contributed by atoms with Crippen LogP contribution in [-0.4, -0.2) is 12.5 Å². The first-order valence-corrected chi connectivity index (χ1v) is 5.24. The van der Waals surface area contributed by atoms with Crippen LogP contribution in [0, 0.1) is 12.3 Å². The molecule has 3 N–H and O–H groups in total. The number of carbonyl (C=O) groups excluding carboxylic acids is 1. The van der Waals surface area contributed by atoms with E-state index in [-0.39, 0.29) is 12.3 Å². The SMILES string of the molecule is C#CCC(=O)NCc1ccc(CCN)cc1. The number of amides is 1. The van der Waals surface area contributed by atoms with Gasteiger partial charge in [-0.25, -0.2) is 0 Å². The molecule has 0 saturated heterocycles. The molecule has 0 bridgehead atoms. The second-order valence-electron chi connectivity index (χ2n) is 3.51. The lowest BCUT2D eigenvalue weighted by Gasteiger charge is -2.04. The summed E-state index contributed by atoms with van der Waals surface area (Å²) in [5.74, 6) is 2.19. The Labute approximate surface area is 96.0 Å². The highest BCUT2D eigenvalue weighted by molar-refractivity contribution is 5.78. The first kappa shape index (κ1) is 12.3. The summed E-state index contributed by atoms with van der Waals surface area (Å²) in [6.45, 7) is 1.17. The van der Waals surface area contributed by atoms with Crippen LogP contribution in [0.5, 0.6) is 0 Å². The van der Waals surface area contributed by atoms with Gasteiger partial charge >= 0.3 is 0 Å². The molecule has 0 spiro atoms. The molecule has 0 aromatic heterocycles. The minimum atomic E-state index is -0.117. The smallest absolute Gasteiger partial charge is 0.232 e. The van der Waals surface area contributed by atoms with Crippen LogP contribution in [0.3, 0.4) is 0 Å². The fourth-order valence-corrected chi connectivity index (χ4v) is 1.35. The van der Waals surface area contributed by atoms with Crippen molar-refractivity contribution in [2.45, 2.75) is 19.4 Å². The summed E-state index contributed by atoms with van der Waals surface area (Å²) in [4.78, 5) is 11.1. The number of carbonyl (C=O) groups is 1. The lowest BCUT2D eigenvalue weighted by atomic mass is 10.1. The molecule has 0 aliphatic rings. The maximum atomic E-state index is 11.1. The summed E-state index contributed by atoms with van der Waals surface area (Å²) in [6.07, 6.45) is 6.04. The highest BCUT2D eigenvalue weighted by Crippen LogP contribution is 2.04. The van der Waals surface area contributed by atoms with Crippen molar-refractivity contribution in [2.24, 2.45) is 5.73 Å². The van der Waals surface area contributed by atoms with E-state index >= 15 is 0 Å². The summed E-state index contributed by atoms with van der Waals surface area (Å²) >= 11 is 0. The number of nitrogens with one attached hydrogen (secondary N) is 1. The number of rotatable bonds is 5. The predicted octanol–water partition coefficient (Wildman–Crippen LogP) is 0.827. The van der Waals surface area contributed by atoms with Gasteiger partial charge in [0, 0.05) is 6.54 Å². The fourth-order valence-electron chi connectivity index (χ4n) is 1.35. The summed E-state index contributed by atoms with van der Waals surface area (Å²) in [7, 11) is 0. The van der Waals surface area contributed by atoms with E-state index in [1.54, 1.807) is 0 Å². The first-order chi connectivity index (χ1) is 7.76. The molecule has 0 aliphatic carbocycles. The van der Waals surface area contributed by atoms with Crippen LogP contribution in [0.4, 0.5) is 0 Å². The molecule has 0 radical (unpaired) electrons. The van der Waals surface area contributed by atoms with Crippen molar-refractivity contribution in [3.05, 3.63) is 35.4 Å². The van der Waals surface area contributed by atoms with Crippen LogP contribution in [0.1, 0.15) is 17.5 Å². The number of nitrogens with two attached hydrogens (primary N) is 1. The van der Waals surface area contributed by atoms with Crippen molar-refractivity contribution >= 4 is 5.91 Å². The lowest BCUT2D eigenvalue weighted by Crippen LogP contribution is -2.21. The van der Waals surface area contributed by atoms with Crippen LogP contribution in [0.15, 0.2) is 24.3 Å². The number of hydrogen-bond donors (Lipinski definition) is 2. The zero-order valence-electron chi connectivity index (χ0n) is 9.20. The Balaban J connectivity index is 2.43. The summed E-state index contributed by atoms with van der Waals surface area (Å²) in [5, 5.41) is 2.75. The molecule has 1 rings (SSSR count). The number of benzene rings is 1. The van der Waals surface area contributed by atoms with Crippen LogP contribution in [0.25, 0.3) is 0 Å². The van der Waals surface area contributed by atoms with Gasteiger partial charge in [-0.2, -0.15) is 0 Å². The quantitative estimate of drug-likeness (QED) is 0.716. The zero-order chi connectivity index (χ0) is 11.8. The van der Waals surface area contributed by atoms with E-state index in [1.165, 1.54) is 5.56 Å². The van der Waals surface area contributed by atoms with Gasteiger partial charge < -0.3 is 11.1 Å². The molecule has 0 fully saturated rings. The molecule has 3 heteroatoms. The second-order valence-corrected chi connectivity index (χ2v) is 3.51. The Morgan fingerprint density at radius 1 is 1.31 bits per heavy atom. The van der Waals surface area contributed by atoms with Crippen LogP contribution in [-0.2, 0) is 17.8 Å². The minimum absolute atomic E-state index is 0.117. The van der Waals surface area contributed by atoms with Crippen molar-refractivity contribution < 1.29 is 4.79 Å². The Morgan fingerprint density at radius 3 is 2.50 bits per heavy atom. The molecule has 3 nitrogen and oxygen atoms in total. The van der Waals surface area contributed by atoms with Crippen molar-refractivity contribution in [1.82, 2.24) is 5.32 Å². The Bertz CT molecular complexity index is 376. The van der Waals surface area contributed by atoms with Gasteiger partial charge in [0.1, 0.15) is 0 Å². The minimum Gasteiger partial charge on any atom is -0.351 e. The molecule has 1 aromatic carbocycles. The molecular formula is C13H16N2O. The zero-order valence-corrected chi connectivity index (χ0v) is 9.20. The van der Waals surface area contributed by atoms with Gasteiger partial charge in [0.15, 0.2) is 0 Å². The van der Waals surface area contributed by atoms with Crippen LogP contribution in [0.2, 0.25) is 0 Å². The molecule has 0 heterocycles. The molecule has 16 heavy (non-hydrogen) atoms. The maximum Gasteiger partial charge on any atom is 0.232 e. The molecule has 84 valence electrons. The maximum absolute atomic E-state index is 11.1. The molecule has 1 amide bonds. The number of hydrogen-bond acceptors (Lipinski definition) is 2. The van der Waals surface area contributed by atoms with Crippen molar-refractivity contribution in [2.75, 3.05) is 6.54 Å². The molecule has 0 atom stereocenters. The third-order valence-corrected chi connectivity index (χ3v) is 2.21. The van der Waals surface area contributed by atoms with E-state index in [2.05, 4.69) is 11.2 Å². The predicted molar refractivity (Wildman–Crippen MR) is 64.5 cm³/mol. The number of terminal acetylenes is 1. The fraction of sp³-hybridized carbons (Fsp3) is 0.308. The van der Waals surface area contributed by atoms with Crippen LogP contribution >= 0.6 is 0 Å². The Kier molecular flexibility index (Phi) is 5.10. The van der Waals surface area contributed by atoms with Gasteiger partial charge in [-0.15, -0.1) is 6.42 Å². The van der Waals surface area contributed by atoms with Crippen molar-refractivity contribution in [3.8, 4) is 12.3 Å². The van der Waals surface area contributed by atoms with Gasteiger partial charge in [-0.1, -0.05) is 30.2 Å². The largest absolute Gasteiger partial charge is 0.351 e. The Morgan fingerprint density at radius 2 is 1.94 bits per heavy atom. The van der Waals surface area contributed by atoms with E-state index in [9.17, 15) is 4.79 Å². The average Bonchev–Trinajstić information content (AvgIpc) is 2.29. The normalized spacial score (nSPS) is 9.50. The molecule has 0 unspecified atom stereocenters. The van der Waals surface area contributed by atoms with Gasteiger partial charge in [-0.05, 0) is 24.1 Å². The van der Waals surface area contributed by atoms with Gasteiger partial charge in [0.2, 0.25) is 5.91 Å². The van der Waals surface area contributed by atoms with E-state index in [0.717, 1.165) is 12.0 Å². The Hall–Kier alpha value is -1.79. The molecule has 1 aromatic rings. The van der Waals surface area contributed by atoms with E-state index in [1.807, 2.05) is 24.3 Å².